The Labute approximate surface area is 104 Å². The molecule has 0 unspecified atom stereocenters. The van der Waals surface area contributed by atoms with Crippen molar-refractivity contribution in [3.8, 4) is 0 Å². The van der Waals surface area contributed by atoms with Crippen LogP contribution in [0, 0.1) is 5.92 Å². The average molecular weight is 255 g/mol. The van der Waals surface area contributed by atoms with Crippen molar-refractivity contribution in [2.75, 3.05) is 12.8 Å². The van der Waals surface area contributed by atoms with Crippen molar-refractivity contribution < 1.29 is 8.42 Å². The summed E-state index contributed by atoms with van der Waals surface area (Å²) in [4.78, 5) is 0. The summed E-state index contributed by atoms with van der Waals surface area (Å²) in [5.74, 6) is 0.660. The fraction of sp³-hybridized carbons (Fsp3) is 0.538. The van der Waals surface area contributed by atoms with E-state index in [1.807, 2.05) is 0 Å². The van der Waals surface area contributed by atoms with Gasteiger partial charge in [-0.1, -0.05) is 38.1 Å². The second kappa shape index (κ2) is 6.17. The fourth-order valence-electron chi connectivity index (χ4n) is 1.69. The van der Waals surface area contributed by atoms with Crippen molar-refractivity contribution in [2.24, 2.45) is 5.92 Å². The van der Waals surface area contributed by atoms with Gasteiger partial charge in [0.2, 0.25) is 10.0 Å². The third kappa shape index (κ3) is 6.44. The van der Waals surface area contributed by atoms with Gasteiger partial charge < -0.3 is 0 Å². The summed E-state index contributed by atoms with van der Waals surface area (Å²) in [6, 6.07) is 8.38. The van der Waals surface area contributed by atoms with E-state index in [-0.39, 0.29) is 0 Å². The summed E-state index contributed by atoms with van der Waals surface area (Å²) in [5.41, 5.74) is 2.49. The van der Waals surface area contributed by atoms with E-state index in [0.29, 0.717) is 12.5 Å². The third-order valence-corrected chi connectivity index (χ3v) is 3.17. The van der Waals surface area contributed by atoms with Gasteiger partial charge in [-0.3, -0.25) is 0 Å². The maximum Gasteiger partial charge on any atom is 0.208 e. The molecule has 0 aliphatic rings. The minimum atomic E-state index is -3.07. The molecule has 0 heterocycles. The molecule has 1 aromatic rings. The molecule has 96 valence electrons. The van der Waals surface area contributed by atoms with E-state index in [9.17, 15) is 8.42 Å². The van der Waals surface area contributed by atoms with Gasteiger partial charge in [0.25, 0.3) is 0 Å². The van der Waals surface area contributed by atoms with Crippen molar-refractivity contribution in [3.63, 3.8) is 0 Å². The van der Waals surface area contributed by atoms with Crippen LogP contribution in [0.2, 0.25) is 0 Å². The summed E-state index contributed by atoms with van der Waals surface area (Å²) in [5, 5.41) is 0. The Morgan fingerprint density at radius 1 is 1.12 bits per heavy atom. The maximum atomic E-state index is 10.9. The maximum absolute atomic E-state index is 10.9. The van der Waals surface area contributed by atoms with Gasteiger partial charge in [0.1, 0.15) is 0 Å². The molecule has 0 fully saturated rings. The monoisotopic (exact) mass is 255 g/mol. The van der Waals surface area contributed by atoms with Gasteiger partial charge in [-0.15, -0.1) is 0 Å². The number of nitrogens with one attached hydrogen (secondary N) is 1. The second-order valence-corrected chi connectivity index (χ2v) is 6.66. The van der Waals surface area contributed by atoms with Crippen LogP contribution in [0.1, 0.15) is 25.0 Å². The lowest BCUT2D eigenvalue weighted by atomic mass is 10.0. The first-order chi connectivity index (χ1) is 7.87. The first-order valence-corrected chi connectivity index (χ1v) is 7.78. The first-order valence-electron chi connectivity index (χ1n) is 5.89. The lowest BCUT2D eigenvalue weighted by Gasteiger charge is -2.06. The number of sulfonamides is 1. The van der Waals surface area contributed by atoms with Gasteiger partial charge in [-0.05, 0) is 29.9 Å². The molecule has 0 saturated carbocycles. The highest BCUT2D eigenvalue weighted by Gasteiger charge is 2.01. The minimum Gasteiger partial charge on any atom is -0.215 e. The predicted molar refractivity (Wildman–Crippen MR) is 71.5 cm³/mol. The molecular formula is C13H21NO2S. The summed E-state index contributed by atoms with van der Waals surface area (Å²) < 4.78 is 24.3. The highest BCUT2D eigenvalue weighted by Crippen LogP contribution is 2.10. The summed E-state index contributed by atoms with van der Waals surface area (Å²) >= 11 is 0. The van der Waals surface area contributed by atoms with Gasteiger partial charge in [-0.25, -0.2) is 13.1 Å². The highest BCUT2D eigenvalue weighted by molar-refractivity contribution is 7.88. The molecule has 1 aromatic carbocycles. The molecule has 0 amide bonds. The van der Waals surface area contributed by atoms with Gasteiger partial charge in [0.05, 0.1) is 6.26 Å². The summed E-state index contributed by atoms with van der Waals surface area (Å²) in [6.45, 7) is 4.86. The molecule has 1 rings (SSSR count). The SMILES string of the molecule is CC(C)Cc1ccc(CCNS(C)(=O)=O)cc1. The molecule has 0 spiro atoms. The Morgan fingerprint density at radius 3 is 2.12 bits per heavy atom. The van der Waals surface area contributed by atoms with Crippen LogP contribution >= 0.6 is 0 Å². The second-order valence-electron chi connectivity index (χ2n) is 4.83. The Kier molecular flexibility index (Phi) is 5.15. The lowest BCUT2D eigenvalue weighted by molar-refractivity contribution is 0.588. The van der Waals surface area contributed by atoms with Crippen LogP contribution in [-0.2, 0) is 22.9 Å². The fourth-order valence-corrected chi connectivity index (χ4v) is 2.17. The van der Waals surface area contributed by atoms with Crippen LogP contribution < -0.4 is 4.72 Å². The zero-order chi connectivity index (χ0) is 12.9. The van der Waals surface area contributed by atoms with Crippen LogP contribution in [0.4, 0.5) is 0 Å². The Hall–Kier alpha value is -0.870. The summed E-state index contributed by atoms with van der Waals surface area (Å²) in [7, 11) is -3.07. The van der Waals surface area contributed by atoms with Crippen LogP contribution in [-0.4, -0.2) is 21.2 Å². The van der Waals surface area contributed by atoms with Gasteiger partial charge in [0, 0.05) is 6.54 Å². The zero-order valence-electron chi connectivity index (χ0n) is 10.7. The molecular weight excluding hydrogens is 234 g/mol. The van der Waals surface area contributed by atoms with Gasteiger partial charge >= 0.3 is 0 Å². The Bertz CT molecular complexity index is 435. The van der Waals surface area contributed by atoms with Crippen molar-refractivity contribution in [2.45, 2.75) is 26.7 Å². The molecule has 0 aliphatic carbocycles. The van der Waals surface area contributed by atoms with Gasteiger partial charge in [0.15, 0.2) is 0 Å². The van der Waals surface area contributed by atoms with E-state index in [2.05, 4.69) is 42.8 Å². The standard InChI is InChI=1S/C13H21NO2S/c1-11(2)10-13-6-4-12(5-7-13)8-9-14-17(3,15)16/h4-7,11,14H,8-10H2,1-3H3. The third-order valence-electron chi connectivity index (χ3n) is 2.44. The first kappa shape index (κ1) is 14.2. The Morgan fingerprint density at radius 2 is 1.65 bits per heavy atom. The van der Waals surface area contributed by atoms with E-state index >= 15 is 0 Å². The molecule has 0 aliphatic heterocycles. The topological polar surface area (TPSA) is 46.2 Å². The van der Waals surface area contributed by atoms with E-state index in [1.54, 1.807) is 0 Å². The number of benzene rings is 1. The molecule has 3 nitrogen and oxygen atoms in total. The van der Waals surface area contributed by atoms with Crippen LogP contribution in [0.15, 0.2) is 24.3 Å². The average Bonchev–Trinajstić information content (AvgIpc) is 2.18. The van der Waals surface area contributed by atoms with E-state index in [0.717, 1.165) is 18.4 Å². The summed E-state index contributed by atoms with van der Waals surface area (Å²) in [6.07, 6.45) is 3.00. The Balaban J connectivity index is 2.46. The van der Waals surface area contributed by atoms with Crippen molar-refractivity contribution in [3.05, 3.63) is 35.4 Å². The molecule has 0 saturated heterocycles. The van der Waals surface area contributed by atoms with Crippen LogP contribution in [0.5, 0.6) is 0 Å². The van der Waals surface area contributed by atoms with E-state index in [1.165, 1.54) is 11.8 Å². The predicted octanol–water partition coefficient (Wildman–Crippen LogP) is 1.98. The quantitative estimate of drug-likeness (QED) is 0.845. The zero-order valence-corrected chi connectivity index (χ0v) is 11.5. The molecule has 0 bridgehead atoms. The van der Waals surface area contributed by atoms with Crippen molar-refractivity contribution >= 4 is 10.0 Å². The molecule has 1 N–H and O–H groups in total. The largest absolute Gasteiger partial charge is 0.215 e. The smallest absolute Gasteiger partial charge is 0.208 e. The van der Waals surface area contributed by atoms with Crippen molar-refractivity contribution in [1.82, 2.24) is 4.72 Å². The lowest BCUT2D eigenvalue weighted by Crippen LogP contribution is -2.24. The van der Waals surface area contributed by atoms with Crippen molar-refractivity contribution in [1.29, 1.82) is 0 Å². The van der Waals surface area contributed by atoms with Crippen LogP contribution in [0.25, 0.3) is 0 Å². The number of hydrogen-bond acceptors (Lipinski definition) is 2. The normalized spacial score (nSPS) is 12.0. The number of rotatable bonds is 6. The van der Waals surface area contributed by atoms with E-state index < -0.39 is 10.0 Å². The van der Waals surface area contributed by atoms with Crippen LogP contribution in [0.3, 0.4) is 0 Å². The molecule has 17 heavy (non-hydrogen) atoms. The molecule has 0 aromatic heterocycles. The minimum absolute atomic E-state index is 0.461. The molecule has 0 radical (unpaired) electrons. The number of hydrogen-bond donors (Lipinski definition) is 1. The van der Waals surface area contributed by atoms with E-state index in [4.69, 9.17) is 0 Å². The highest BCUT2D eigenvalue weighted by atomic mass is 32.2. The molecule has 4 heteroatoms. The van der Waals surface area contributed by atoms with Gasteiger partial charge in [-0.2, -0.15) is 0 Å². The molecule has 0 atom stereocenters.